The first kappa shape index (κ1) is 8.90. The molecule has 0 fully saturated rings. The second-order valence-corrected chi connectivity index (χ2v) is 3.12. The molecule has 0 bridgehead atoms. The molecule has 0 saturated heterocycles. The number of aromatic nitrogens is 2. The summed E-state index contributed by atoms with van der Waals surface area (Å²) in [7, 11) is 0. The largest absolute Gasteiger partial charge is 0.508 e. The molecule has 0 radical (unpaired) electrons. The van der Waals surface area contributed by atoms with Gasteiger partial charge in [0.25, 0.3) is 0 Å². The van der Waals surface area contributed by atoms with Gasteiger partial charge in [0.2, 0.25) is 0 Å². The molecule has 0 spiro atoms. The first-order chi connectivity index (χ1) is 6.70. The minimum atomic E-state index is 0.208. The maximum Gasteiger partial charge on any atom is 0.126 e. The van der Waals surface area contributed by atoms with Crippen molar-refractivity contribution in [3.8, 4) is 5.75 Å². The van der Waals surface area contributed by atoms with Crippen LogP contribution in [-0.4, -0.2) is 15.1 Å². The Hall–Kier alpha value is -1.68. The Kier molecular flexibility index (Phi) is 2.05. The van der Waals surface area contributed by atoms with Crippen molar-refractivity contribution in [2.75, 3.05) is 0 Å². The highest BCUT2D eigenvalue weighted by Gasteiger charge is 2.04. The topological polar surface area (TPSA) is 72.0 Å². The van der Waals surface area contributed by atoms with Gasteiger partial charge in [-0.15, -0.1) is 0 Å². The van der Waals surface area contributed by atoms with E-state index in [0.29, 0.717) is 12.4 Å². The molecule has 0 amide bonds. The summed E-state index contributed by atoms with van der Waals surface area (Å²) < 4.78 is 0. The molecule has 1 aromatic heterocycles. The van der Waals surface area contributed by atoms with E-state index in [1.165, 1.54) is 0 Å². The van der Waals surface area contributed by atoms with E-state index < -0.39 is 0 Å². The van der Waals surface area contributed by atoms with Crippen LogP contribution in [0.3, 0.4) is 0 Å². The van der Waals surface area contributed by atoms with E-state index >= 15 is 0 Å². The van der Waals surface area contributed by atoms with Gasteiger partial charge in [0.15, 0.2) is 0 Å². The maximum atomic E-state index is 9.32. The van der Waals surface area contributed by atoms with Gasteiger partial charge < -0.3 is 10.8 Å². The predicted molar refractivity (Wildman–Crippen MR) is 53.8 cm³/mol. The molecule has 4 nitrogen and oxygen atoms in total. The van der Waals surface area contributed by atoms with E-state index in [0.717, 1.165) is 16.6 Å². The van der Waals surface area contributed by atoms with Gasteiger partial charge in [0.05, 0.1) is 11.2 Å². The highest BCUT2D eigenvalue weighted by Crippen LogP contribution is 2.20. The highest BCUT2D eigenvalue weighted by atomic mass is 16.3. The van der Waals surface area contributed by atoms with Crippen molar-refractivity contribution in [2.45, 2.75) is 13.5 Å². The van der Waals surface area contributed by atoms with Crippen molar-refractivity contribution >= 4 is 10.9 Å². The fourth-order valence-corrected chi connectivity index (χ4v) is 1.46. The fourth-order valence-electron chi connectivity index (χ4n) is 1.46. The van der Waals surface area contributed by atoms with E-state index in [1.54, 1.807) is 18.2 Å². The molecule has 4 heteroatoms. The number of rotatable bonds is 1. The second kappa shape index (κ2) is 3.23. The lowest BCUT2D eigenvalue weighted by atomic mass is 10.1. The van der Waals surface area contributed by atoms with E-state index in [1.807, 2.05) is 6.92 Å². The van der Waals surface area contributed by atoms with Crippen molar-refractivity contribution in [1.29, 1.82) is 0 Å². The van der Waals surface area contributed by atoms with Crippen molar-refractivity contribution in [3.63, 3.8) is 0 Å². The van der Waals surface area contributed by atoms with Crippen LogP contribution in [0.1, 0.15) is 11.5 Å². The third-order valence-electron chi connectivity index (χ3n) is 2.06. The molecule has 3 N–H and O–H groups in total. The summed E-state index contributed by atoms with van der Waals surface area (Å²) in [6.45, 7) is 2.18. The zero-order valence-corrected chi connectivity index (χ0v) is 7.86. The molecule has 2 rings (SSSR count). The van der Waals surface area contributed by atoms with Crippen molar-refractivity contribution in [1.82, 2.24) is 9.97 Å². The normalized spacial score (nSPS) is 10.7. The number of fused-ring (bicyclic) bond motifs is 1. The average molecular weight is 189 g/mol. The van der Waals surface area contributed by atoms with Crippen LogP contribution < -0.4 is 5.73 Å². The van der Waals surface area contributed by atoms with Crippen molar-refractivity contribution in [3.05, 3.63) is 29.7 Å². The summed E-state index contributed by atoms with van der Waals surface area (Å²) in [6.07, 6.45) is 0. The summed E-state index contributed by atoms with van der Waals surface area (Å²) >= 11 is 0. The fraction of sp³-hybridized carbons (Fsp3) is 0.200. The Morgan fingerprint density at radius 2 is 2.14 bits per heavy atom. The molecule has 2 aromatic rings. The van der Waals surface area contributed by atoms with E-state index in [2.05, 4.69) is 9.97 Å². The quantitative estimate of drug-likeness (QED) is 0.704. The van der Waals surface area contributed by atoms with Gasteiger partial charge in [-0.3, -0.25) is 0 Å². The van der Waals surface area contributed by atoms with Crippen LogP contribution >= 0.6 is 0 Å². The molecule has 0 saturated carbocycles. The van der Waals surface area contributed by atoms with Crippen molar-refractivity contribution in [2.24, 2.45) is 5.73 Å². The first-order valence-electron chi connectivity index (χ1n) is 4.37. The standard InChI is InChI=1S/C10H11N3O/c1-6-12-9-3-2-7(14)4-8(9)10(5-11)13-6/h2-4,14H,5,11H2,1H3. The zero-order valence-electron chi connectivity index (χ0n) is 7.86. The summed E-state index contributed by atoms with van der Waals surface area (Å²) in [4.78, 5) is 8.46. The Morgan fingerprint density at radius 3 is 2.86 bits per heavy atom. The minimum absolute atomic E-state index is 0.208. The third kappa shape index (κ3) is 1.40. The monoisotopic (exact) mass is 189 g/mol. The molecule has 72 valence electrons. The predicted octanol–water partition coefficient (Wildman–Crippen LogP) is 1.10. The SMILES string of the molecule is Cc1nc(CN)c2cc(O)ccc2n1. The van der Waals surface area contributed by atoms with Crippen LogP contribution in [0.2, 0.25) is 0 Å². The Labute approximate surface area is 81.4 Å². The number of benzene rings is 1. The molecule has 1 heterocycles. The van der Waals surface area contributed by atoms with Crippen LogP contribution in [0.5, 0.6) is 5.75 Å². The van der Waals surface area contributed by atoms with Gasteiger partial charge in [-0.05, 0) is 25.1 Å². The molecular formula is C10H11N3O. The lowest BCUT2D eigenvalue weighted by molar-refractivity contribution is 0.476. The number of aryl methyl sites for hydroxylation is 1. The number of aromatic hydroxyl groups is 1. The lowest BCUT2D eigenvalue weighted by Gasteiger charge is -2.04. The van der Waals surface area contributed by atoms with Crippen LogP contribution in [0.4, 0.5) is 0 Å². The summed E-state index contributed by atoms with van der Waals surface area (Å²) in [5.41, 5.74) is 7.15. The molecule has 0 aliphatic heterocycles. The number of phenols is 1. The Balaban J connectivity index is 2.81. The molecule has 0 aliphatic carbocycles. The average Bonchev–Trinajstić information content (AvgIpc) is 2.17. The van der Waals surface area contributed by atoms with Gasteiger partial charge in [-0.1, -0.05) is 0 Å². The van der Waals surface area contributed by atoms with E-state index in [4.69, 9.17) is 5.73 Å². The summed E-state index contributed by atoms with van der Waals surface area (Å²) in [6, 6.07) is 5.00. The molecule has 1 aromatic carbocycles. The van der Waals surface area contributed by atoms with Crippen LogP contribution in [0.25, 0.3) is 10.9 Å². The molecule has 0 atom stereocenters. The molecule has 0 unspecified atom stereocenters. The van der Waals surface area contributed by atoms with Gasteiger partial charge in [0, 0.05) is 11.9 Å². The van der Waals surface area contributed by atoms with Gasteiger partial charge >= 0.3 is 0 Å². The lowest BCUT2D eigenvalue weighted by Crippen LogP contribution is -2.03. The first-order valence-corrected chi connectivity index (χ1v) is 4.37. The summed E-state index contributed by atoms with van der Waals surface area (Å²) in [5, 5.41) is 10.1. The number of nitrogens with zero attached hydrogens (tertiary/aromatic N) is 2. The zero-order chi connectivity index (χ0) is 10.1. The van der Waals surface area contributed by atoms with Crippen LogP contribution in [0.15, 0.2) is 18.2 Å². The highest BCUT2D eigenvalue weighted by molar-refractivity contribution is 5.82. The number of hydrogen-bond acceptors (Lipinski definition) is 4. The van der Waals surface area contributed by atoms with Gasteiger partial charge in [0.1, 0.15) is 11.6 Å². The molecule has 14 heavy (non-hydrogen) atoms. The van der Waals surface area contributed by atoms with E-state index in [9.17, 15) is 5.11 Å². The second-order valence-electron chi connectivity index (χ2n) is 3.12. The Morgan fingerprint density at radius 1 is 1.36 bits per heavy atom. The van der Waals surface area contributed by atoms with Gasteiger partial charge in [-0.2, -0.15) is 0 Å². The van der Waals surface area contributed by atoms with Gasteiger partial charge in [-0.25, -0.2) is 9.97 Å². The number of hydrogen-bond donors (Lipinski definition) is 2. The van der Waals surface area contributed by atoms with E-state index in [-0.39, 0.29) is 5.75 Å². The summed E-state index contributed by atoms with van der Waals surface area (Å²) in [5.74, 6) is 0.906. The molecule has 0 aliphatic rings. The van der Waals surface area contributed by atoms with Crippen molar-refractivity contribution < 1.29 is 5.11 Å². The third-order valence-corrected chi connectivity index (χ3v) is 2.06. The maximum absolute atomic E-state index is 9.32. The smallest absolute Gasteiger partial charge is 0.126 e. The number of nitrogens with two attached hydrogens (primary N) is 1. The minimum Gasteiger partial charge on any atom is -0.508 e. The number of phenolic OH excluding ortho intramolecular Hbond substituents is 1. The van der Waals surface area contributed by atoms with Crippen LogP contribution in [0, 0.1) is 6.92 Å². The van der Waals surface area contributed by atoms with Crippen LogP contribution in [-0.2, 0) is 6.54 Å². The Bertz CT molecular complexity index is 482. The molecular weight excluding hydrogens is 178 g/mol.